The summed E-state index contributed by atoms with van der Waals surface area (Å²) in [7, 11) is 1.55. The van der Waals surface area contributed by atoms with Crippen molar-refractivity contribution in [3.8, 4) is 5.75 Å². The second kappa shape index (κ2) is 5.91. The van der Waals surface area contributed by atoms with E-state index in [2.05, 4.69) is 15.3 Å². The fourth-order valence-corrected chi connectivity index (χ4v) is 2.21. The summed E-state index contributed by atoms with van der Waals surface area (Å²) in [5.74, 6) is 0.979. The fraction of sp³-hybridized carbons (Fsp3) is 0.312. The van der Waals surface area contributed by atoms with Crippen molar-refractivity contribution in [3.05, 3.63) is 53.6 Å². The minimum Gasteiger partial charge on any atom is -0.496 e. The first-order chi connectivity index (χ1) is 10.3. The Morgan fingerprint density at radius 1 is 1.33 bits per heavy atom. The summed E-state index contributed by atoms with van der Waals surface area (Å²) >= 11 is 0. The number of nitrogens with zero attached hydrogens (tertiary/aromatic N) is 2. The van der Waals surface area contributed by atoms with Crippen molar-refractivity contribution in [2.45, 2.75) is 25.3 Å². The molecule has 5 nitrogen and oxygen atoms in total. The van der Waals surface area contributed by atoms with Gasteiger partial charge < -0.3 is 10.1 Å². The van der Waals surface area contributed by atoms with Crippen LogP contribution in [-0.4, -0.2) is 23.0 Å². The average Bonchev–Trinajstić information content (AvgIpc) is 3.38. The summed E-state index contributed by atoms with van der Waals surface area (Å²) < 4.78 is 5.19. The van der Waals surface area contributed by atoms with E-state index >= 15 is 0 Å². The van der Waals surface area contributed by atoms with Crippen molar-refractivity contribution < 1.29 is 9.53 Å². The van der Waals surface area contributed by atoms with Crippen LogP contribution < -0.4 is 10.1 Å². The highest BCUT2D eigenvalue weighted by molar-refractivity contribution is 5.96. The highest BCUT2D eigenvalue weighted by atomic mass is 16.5. The largest absolute Gasteiger partial charge is 0.496 e. The number of para-hydroxylation sites is 1. The van der Waals surface area contributed by atoms with Crippen molar-refractivity contribution in [2.75, 3.05) is 7.11 Å². The fourth-order valence-electron chi connectivity index (χ4n) is 2.21. The Labute approximate surface area is 123 Å². The molecular formula is C16H17N3O2. The number of aromatic nitrogens is 2. The number of nitrogens with one attached hydrogen (secondary N) is 1. The van der Waals surface area contributed by atoms with Crippen LogP contribution in [0.2, 0.25) is 0 Å². The maximum Gasteiger partial charge on any atom is 0.255 e. The van der Waals surface area contributed by atoms with Gasteiger partial charge in [-0.15, -0.1) is 0 Å². The number of carbonyl (C=O) groups is 1. The molecule has 1 heterocycles. The van der Waals surface area contributed by atoms with Gasteiger partial charge >= 0.3 is 0 Å². The number of hydrogen-bond acceptors (Lipinski definition) is 4. The third-order valence-electron chi connectivity index (χ3n) is 3.52. The van der Waals surface area contributed by atoms with Crippen LogP contribution in [-0.2, 0) is 6.54 Å². The Bertz CT molecular complexity index is 653. The van der Waals surface area contributed by atoms with E-state index in [0.29, 0.717) is 23.8 Å². The lowest BCUT2D eigenvalue weighted by Crippen LogP contribution is -2.24. The van der Waals surface area contributed by atoms with E-state index in [0.717, 1.165) is 11.4 Å². The quantitative estimate of drug-likeness (QED) is 0.914. The molecule has 3 rings (SSSR count). The average molecular weight is 283 g/mol. The molecule has 1 N–H and O–H groups in total. The predicted octanol–water partition coefficient (Wildman–Crippen LogP) is 2.29. The van der Waals surface area contributed by atoms with Gasteiger partial charge in [0.1, 0.15) is 12.1 Å². The van der Waals surface area contributed by atoms with Crippen LogP contribution in [0.4, 0.5) is 0 Å². The topological polar surface area (TPSA) is 64.1 Å². The van der Waals surface area contributed by atoms with Gasteiger partial charge in [0.2, 0.25) is 0 Å². The molecule has 0 bridgehead atoms. The second-order valence-electron chi connectivity index (χ2n) is 5.09. The van der Waals surface area contributed by atoms with Gasteiger partial charge in [-0.3, -0.25) is 4.79 Å². The Balaban J connectivity index is 1.66. The number of amides is 1. The zero-order valence-corrected chi connectivity index (χ0v) is 11.9. The summed E-state index contributed by atoms with van der Waals surface area (Å²) in [6.07, 6.45) is 3.96. The summed E-state index contributed by atoms with van der Waals surface area (Å²) in [6, 6.07) is 9.13. The molecule has 1 saturated carbocycles. The van der Waals surface area contributed by atoms with Gasteiger partial charge in [-0.2, -0.15) is 0 Å². The molecule has 0 radical (unpaired) electrons. The van der Waals surface area contributed by atoms with E-state index in [1.54, 1.807) is 25.6 Å². The highest BCUT2D eigenvalue weighted by Crippen LogP contribution is 2.38. The molecule has 0 unspecified atom stereocenters. The summed E-state index contributed by atoms with van der Waals surface area (Å²) in [5, 5.41) is 2.87. The molecule has 0 aliphatic heterocycles. The van der Waals surface area contributed by atoms with Gasteiger partial charge in [0.15, 0.2) is 0 Å². The first-order valence-electron chi connectivity index (χ1n) is 7.00. The molecule has 1 aliphatic rings. The van der Waals surface area contributed by atoms with Crippen LogP contribution in [0.1, 0.15) is 40.5 Å². The lowest BCUT2D eigenvalue weighted by atomic mass is 10.2. The van der Waals surface area contributed by atoms with Gasteiger partial charge in [-0.1, -0.05) is 12.1 Å². The van der Waals surface area contributed by atoms with Crippen molar-refractivity contribution in [3.63, 3.8) is 0 Å². The number of rotatable bonds is 5. The van der Waals surface area contributed by atoms with Crippen LogP contribution >= 0.6 is 0 Å². The molecule has 1 aromatic carbocycles. The summed E-state index contributed by atoms with van der Waals surface area (Å²) in [5.41, 5.74) is 2.43. The van der Waals surface area contributed by atoms with E-state index in [4.69, 9.17) is 4.74 Å². The van der Waals surface area contributed by atoms with Crippen LogP contribution in [0.15, 0.2) is 36.7 Å². The highest BCUT2D eigenvalue weighted by Gasteiger charge is 2.25. The minimum atomic E-state index is -0.168. The zero-order chi connectivity index (χ0) is 14.7. The van der Waals surface area contributed by atoms with Gasteiger partial charge in [0.25, 0.3) is 5.91 Å². The lowest BCUT2D eigenvalue weighted by Gasteiger charge is -2.09. The molecule has 0 atom stereocenters. The van der Waals surface area contributed by atoms with Gasteiger partial charge in [0, 0.05) is 11.6 Å². The molecule has 2 aromatic rings. The Hall–Kier alpha value is -2.43. The summed E-state index contributed by atoms with van der Waals surface area (Å²) in [6.45, 7) is 0.388. The molecule has 1 aliphatic carbocycles. The maximum absolute atomic E-state index is 12.2. The molecule has 5 heteroatoms. The van der Waals surface area contributed by atoms with E-state index in [1.165, 1.54) is 12.8 Å². The summed E-state index contributed by atoms with van der Waals surface area (Å²) in [4.78, 5) is 20.7. The Kier molecular flexibility index (Phi) is 3.81. The minimum absolute atomic E-state index is 0.168. The predicted molar refractivity (Wildman–Crippen MR) is 78.2 cm³/mol. The molecule has 108 valence electrons. The molecule has 1 amide bonds. The molecule has 0 spiro atoms. The SMILES string of the molecule is COc1ccccc1C(=O)NCc1cc(C2CC2)ncn1. The molecule has 21 heavy (non-hydrogen) atoms. The first kappa shape index (κ1) is 13.5. The van der Waals surface area contributed by atoms with Crippen molar-refractivity contribution in [1.29, 1.82) is 0 Å². The third-order valence-corrected chi connectivity index (χ3v) is 3.52. The number of benzene rings is 1. The van der Waals surface area contributed by atoms with Crippen LogP contribution in [0.25, 0.3) is 0 Å². The number of carbonyl (C=O) groups excluding carboxylic acids is 1. The molecular weight excluding hydrogens is 266 g/mol. The number of ether oxygens (including phenoxy) is 1. The van der Waals surface area contributed by atoms with Gasteiger partial charge in [0.05, 0.1) is 24.9 Å². The Morgan fingerprint density at radius 2 is 2.14 bits per heavy atom. The van der Waals surface area contributed by atoms with Crippen LogP contribution in [0, 0.1) is 0 Å². The smallest absolute Gasteiger partial charge is 0.255 e. The normalized spacial score (nSPS) is 13.8. The van der Waals surface area contributed by atoms with Crippen molar-refractivity contribution >= 4 is 5.91 Å². The van der Waals surface area contributed by atoms with E-state index in [9.17, 15) is 4.79 Å². The molecule has 1 aromatic heterocycles. The second-order valence-corrected chi connectivity index (χ2v) is 5.09. The van der Waals surface area contributed by atoms with Crippen LogP contribution in [0.5, 0.6) is 5.75 Å². The van der Waals surface area contributed by atoms with Crippen molar-refractivity contribution in [2.24, 2.45) is 0 Å². The van der Waals surface area contributed by atoms with E-state index in [1.807, 2.05) is 18.2 Å². The van der Waals surface area contributed by atoms with Gasteiger partial charge in [-0.05, 0) is 31.0 Å². The number of hydrogen-bond donors (Lipinski definition) is 1. The van der Waals surface area contributed by atoms with E-state index < -0.39 is 0 Å². The third kappa shape index (κ3) is 3.18. The monoisotopic (exact) mass is 283 g/mol. The maximum atomic E-state index is 12.2. The van der Waals surface area contributed by atoms with Gasteiger partial charge in [-0.25, -0.2) is 9.97 Å². The van der Waals surface area contributed by atoms with Crippen molar-refractivity contribution in [1.82, 2.24) is 15.3 Å². The zero-order valence-electron chi connectivity index (χ0n) is 11.9. The van der Waals surface area contributed by atoms with Crippen LogP contribution in [0.3, 0.4) is 0 Å². The van der Waals surface area contributed by atoms with E-state index in [-0.39, 0.29) is 5.91 Å². The lowest BCUT2D eigenvalue weighted by molar-refractivity contribution is 0.0947. The standard InChI is InChI=1S/C16H17N3O2/c1-21-15-5-3-2-4-13(15)16(20)17-9-12-8-14(11-6-7-11)19-10-18-12/h2-5,8,10-11H,6-7,9H2,1H3,(H,17,20). The Morgan fingerprint density at radius 3 is 2.90 bits per heavy atom. The molecule has 0 saturated heterocycles. The number of methoxy groups -OCH3 is 1. The first-order valence-corrected chi connectivity index (χ1v) is 7.00. The molecule has 1 fully saturated rings.